The van der Waals surface area contributed by atoms with Crippen LogP contribution >= 0.6 is 8.46 Å². The third-order valence-electron chi connectivity index (χ3n) is 5.14. The van der Waals surface area contributed by atoms with E-state index in [1.54, 1.807) is 0 Å². The number of hydrogen-bond acceptors (Lipinski definition) is 3. The van der Waals surface area contributed by atoms with Crippen molar-refractivity contribution in [2.24, 2.45) is 0 Å². The zero-order chi connectivity index (χ0) is 23.1. The molecule has 0 aromatic heterocycles. The van der Waals surface area contributed by atoms with Gasteiger partial charge in [0.1, 0.15) is 0 Å². The maximum atomic E-state index is 12.4. The van der Waals surface area contributed by atoms with E-state index in [1.807, 2.05) is 77.1 Å². The van der Waals surface area contributed by atoms with Crippen LogP contribution in [0.4, 0.5) is 0 Å². The van der Waals surface area contributed by atoms with Crippen LogP contribution in [-0.4, -0.2) is 11.3 Å². The van der Waals surface area contributed by atoms with E-state index in [0.29, 0.717) is 12.0 Å². The van der Waals surface area contributed by atoms with Crippen molar-refractivity contribution in [2.45, 2.75) is 48.0 Å². The van der Waals surface area contributed by atoms with Crippen molar-refractivity contribution in [2.75, 3.05) is 0 Å². The Morgan fingerprint density at radius 1 is 0.677 bits per heavy atom. The fourth-order valence-corrected chi connectivity index (χ4v) is 4.50. The van der Waals surface area contributed by atoms with Crippen LogP contribution in [0, 0.1) is 41.5 Å². The number of benzene rings is 3. The Morgan fingerprint density at radius 3 is 1.52 bits per heavy atom. The van der Waals surface area contributed by atoms with E-state index in [9.17, 15) is 14.2 Å². The molecule has 0 fully saturated rings. The number of aryl methyl sites for hydroxylation is 6. The molecule has 0 aliphatic heterocycles. The summed E-state index contributed by atoms with van der Waals surface area (Å²) in [6, 6.07) is 17.9. The molecule has 160 valence electrons. The predicted octanol–water partition coefficient (Wildman–Crippen LogP) is 7.08. The first-order chi connectivity index (χ1) is 14.6. The molecule has 3 aromatic carbocycles. The largest absolute Gasteiger partial charge is 0.294 e. The molecular weight excluding hydrogens is 403 g/mol. The molecule has 0 saturated carbocycles. The molecule has 0 aliphatic rings. The number of hydrogen-bond donors (Lipinski definition) is 0. The lowest BCUT2D eigenvalue weighted by molar-refractivity contribution is 0.0991. The minimum Gasteiger partial charge on any atom is -0.294 e. The van der Waals surface area contributed by atoms with Crippen molar-refractivity contribution in [3.63, 3.8) is 0 Å². The monoisotopic (exact) mass is 432 g/mol. The fourth-order valence-electron chi connectivity index (χ4n) is 4.05. The predicted molar refractivity (Wildman–Crippen MR) is 128 cm³/mol. The van der Waals surface area contributed by atoms with Gasteiger partial charge in [-0.1, -0.05) is 65.7 Å². The van der Waals surface area contributed by atoms with E-state index < -0.39 is 8.46 Å². The van der Waals surface area contributed by atoms with Gasteiger partial charge in [0.05, 0.1) is 0 Å². The minimum atomic E-state index is -0.434. The molecule has 0 bridgehead atoms. The van der Waals surface area contributed by atoms with Crippen LogP contribution in [0.3, 0.4) is 0 Å². The maximum Gasteiger partial charge on any atom is 0.253 e. The molecular formula is C27H29O3P. The van der Waals surface area contributed by atoms with Gasteiger partial charge in [0.2, 0.25) is 8.46 Å². The van der Waals surface area contributed by atoms with E-state index in [2.05, 4.69) is 19.1 Å². The second kappa shape index (κ2) is 10.9. The Morgan fingerprint density at radius 2 is 1.10 bits per heavy atom. The smallest absolute Gasteiger partial charge is 0.253 e. The van der Waals surface area contributed by atoms with E-state index in [0.717, 1.165) is 38.9 Å². The average Bonchev–Trinajstić information content (AvgIpc) is 2.67. The Kier molecular flexibility index (Phi) is 8.59. The first-order valence-corrected chi connectivity index (χ1v) is 11.1. The second-order valence-corrected chi connectivity index (χ2v) is 8.62. The van der Waals surface area contributed by atoms with Gasteiger partial charge in [-0.3, -0.25) is 14.2 Å². The molecule has 4 heteroatoms. The molecule has 31 heavy (non-hydrogen) atoms. The molecule has 0 aliphatic carbocycles. The van der Waals surface area contributed by atoms with Crippen molar-refractivity contribution >= 4 is 19.8 Å². The highest BCUT2D eigenvalue weighted by atomic mass is 31.1. The third-order valence-corrected chi connectivity index (χ3v) is 5.53. The Labute approximate surface area is 186 Å². The van der Waals surface area contributed by atoms with Crippen molar-refractivity contribution < 1.29 is 14.2 Å². The first kappa shape index (κ1) is 24.4. The molecule has 3 rings (SSSR count). The molecule has 0 amide bonds. The summed E-state index contributed by atoms with van der Waals surface area (Å²) in [7, 11) is -0.434. The van der Waals surface area contributed by atoms with Crippen LogP contribution in [0.2, 0.25) is 0 Å². The van der Waals surface area contributed by atoms with Crippen molar-refractivity contribution in [1.82, 2.24) is 0 Å². The molecule has 0 saturated heterocycles. The average molecular weight is 433 g/mol. The second-order valence-electron chi connectivity index (χ2n) is 8.03. The van der Waals surface area contributed by atoms with Gasteiger partial charge in [-0.25, -0.2) is 0 Å². The minimum absolute atomic E-state index is 0.205. The molecule has 0 unspecified atom stereocenters. The topological polar surface area (TPSA) is 51.2 Å². The van der Waals surface area contributed by atoms with Crippen LogP contribution in [0.1, 0.15) is 59.7 Å². The Balaban J connectivity index is 0.000000233. The van der Waals surface area contributed by atoms with Gasteiger partial charge in [0.25, 0.3) is 5.52 Å². The summed E-state index contributed by atoms with van der Waals surface area (Å²) in [5, 5.41) is 0. The molecule has 3 nitrogen and oxygen atoms in total. The Hall–Kier alpha value is -2.90. The fraction of sp³-hybridized carbons (Fsp3) is 0.259. The van der Waals surface area contributed by atoms with Gasteiger partial charge in [-0.2, -0.15) is 0 Å². The summed E-state index contributed by atoms with van der Waals surface area (Å²) in [4.78, 5) is 23.6. The van der Waals surface area contributed by atoms with Crippen LogP contribution in [0.5, 0.6) is 0 Å². The van der Waals surface area contributed by atoms with E-state index in [4.69, 9.17) is 0 Å². The number of ketones is 1. The molecule has 0 atom stereocenters. The van der Waals surface area contributed by atoms with E-state index in [1.165, 1.54) is 5.56 Å². The highest BCUT2D eigenvalue weighted by Gasteiger charge is 2.13. The molecule has 0 radical (unpaired) electrons. The molecule has 0 heterocycles. The van der Waals surface area contributed by atoms with Gasteiger partial charge < -0.3 is 0 Å². The van der Waals surface area contributed by atoms with E-state index in [-0.39, 0.29) is 11.3 Å². The third kappa shape index (κ3) is 6.54. The standard InChI is InChI=1S/C17H18O.C10H11O2P/c1-12-9-13(2)17(14(3)10-12)16(18)11-15-7-5-4-6-8-15;1-6-4-7(2)9(8(3)5-6)10(11)13-12/h4-10H,11H2,1-3H3;4-5H,1-3H3. The SMILES string of the molecule is Cc1cc(C)c(C(=O)Cc2ccccc2)c(C)c1.Cc1cc(C)c(C(=O)P=O)c(C)c1. The van der Waals surface area contributed by atoms with Crippen molar-refractivity contribution in [3.05, 3.63) is 105 Å². The molecule has 0 spiro atoms. The van der Waals surface area contributed by atoms with E-state index >= 15 is 0 Å². The summed E-state index contributed by atoms with van der Waals surface area (Å²) in [6.45, 7) is 11.8. The number of carbonyl (C=O) groups is 2. The number of carbonyl (C=O) groups excluding carboxylic acids is 2. The van der Waals surface area contributed by atoms with Crippen molar-refractivity contribution in [1.29, 1.82) is 0 Å². The Bertz CT molecular complexity index is 1070. The van der Waals surface area contributed by atoms with Gasteiger partial charge in [-0.05, 0) is 69.4 Å². The lowest BCUT2D eigenvalue weighted by Crippen LogP contribution is -2.08. The maximum absolute atomic E-state index is 12.4. The number of rotatable bonds is 5. The lowest BCUT2D eigenvalue weighted by atomic mass is 9.93. The van der Waals surface area contributed by atoms with Crippen LogP contribution in [0.15, 0.2) is 54.6 Å². The summed E-state index contributed by atoms with van der Waals surface area (Å²) >= 11 is 0. The quantitative estimate of drug-likeness (QED) is 0.320. The van der Waals surface area contributed by atoms with Gasteiger partial charge in [-0.15, -0.1) is 0 Å². The zero-order valence-electron chi connectivity index (χ0n) is 19.1. The van der Waals surface area contributed by atoms with Crippen LogP contribution < -0.4 is 0 Å². The summed E-state index contributed by atoms with van der Waals surface area (Å²) in [6.07, 6.45) is 0.478. The molecule has 0 N–H and O–H groups in total. The molecule has 3 aromatic rings. The first-order valence-electron chi connectivity index (χ1n) is 10.2. The van der Waals surface area contributed by atoms with Crippen LogP contribution in [-0.2, 0) is 11.0 Å². The highest BCUT2D eigenvalue weighted by Crippen LogP contribution is 2.21. The highest BCUT2D eigenvalue weighted by molar-refractivity contribution is 7.47. The summed E-state index contributed by atoms with van der Waals surface area (Å²) in [5.41, 5.74) is 8.47. The summed E-state index contributed by atoms with van der Waals surface area (Å²) in [5.74, 6) is 0.205. The van der Waals surface area contributed by atoms with Crippen molar-refractivity contribution in [3.8, 4) is 0 Å². The lowest BCUT2D eigenvalue weighted by Gasteiger charge is -2.10. The van der Waals surface area contributed by atoms with Gasteiger partial charge in [0, 0.05) is 17.5 Å². The van der Waals surface area contributed by atoms with Crippen LogP contribution in [0.25, 0.3) is 0 Å². The zero-order valence-corrected chi connectivity index (χ0v) is 20.0. The normalized spacial score (nSPS) is 10.4. The van der Waals surface area contributed by atoms with Gasteiger partial charge in [0.15, 0.2) is 5.78 Å². The van der Waals surface area contributed by atoms with Gasteiger partial charge >= 0.3 is 0 Å². The number of Topliss-reactive ketones (excluding diaryl/α,β-unsaturated/α-hetero) is 1. The summed E-state index contributed by atoms with van der Waals surface area (Å²) < 4.78 is 10.4.